The summed E-state index contributed by atoms with van der Waals surface area (Å²) in [6.45, 7) is 2.41. The number of benzene rings is 1. The molecule has 0 nitrogen and oxygen atoms in total. The van der Waals surface area contributed by atoms with E-state index < -0.39 is 0 Å². The summed E-state index contributed by atoms with van der Waals surface area (Å²) in [5.74, 6) is 8.37. The normalized spacial score (nSPS) is 50.3. The molecule has 0 radical (unpaired) electrons. The molecule has 1 aromatic carbocycles. The first kappa shape index (κ1) is 16.8. The highest BCUT2D eigenvalue weighted by Crippen LogP contribution is 2.73. The Balaban J connectivity index is 1.39. The van der Waals surface area contributed by atoms with E-state index in [-0.39, 0.29) is 0 Å². The van der Waals surface area contributed by atoms with Crippen LogP contribution in [-0.2, 0) is 0 Å². The highest BCUT2D eigenvalue weighted by molar-refractivity contribution is 5.46. The van der Waals surface area contributed by atoms with Crippen molar-refractivity contribution >= 4 is 0 Å². The quantitative estimate of drug-likeness (QED) is 0.486. The summed E-state index contributed by atoms with van der Waals surface area (Å²) in [7, 11) is 0. The molecule has 0 unspecified atom stereocenters. The van der Waals surface area contributed by atoms with E-state index in [9.17, 15) is 0 Å². The first-order valence-corrected chi connectivity index (χ1v) is 12.5. The molecular weight excluding hydrogens is 336 g/mol. The Morgan fingerprint density at radius 1 is 0.607 bits per heavy atom. The molecule has 148 valence electrons. The Morgan fingerprint density at radius 2 is 0.964 bits per heavy atom. The van der Waals surface area contributed by atoms with Crippen molar-refractivity contribution in [2.75, 3.05) is 0 Å². The van der Waals surface area contributed by atoms with Crippen molar-refractivity contribution in [2.24, 2.45) is 46.3 Å². The van der Waals surface area contributed by atoms with Gasteiger partial charge in [0.15, 0.2) is 0 Å². The van der Waals surface area contributed by atoms with Crippen LogP contribution < -0.4 is 0 Å². The molecule has 0 amide bonds. The highest BCUT2D eigenvalue weighted by Gasteiger charge is 2.66. The molecule has 0 aromatic heterocycles. The largest absolute Gasteiger partial charge is 0.136 e. The lowest BCUT2D eigenvalue weighted by molar-refractivity contribution is -0.0989. The smallest absolute Gasteiger partial charge is 0.0474 e. The molecule has 0 aliphatic heterocycles. The van der Waals surface area contributed by atoms with E-state index in [1.165, 1.54) is 0 Å². The van der Waals surface area contributed by atoms with Crippen molar-refractivity contribution in [1.29, 1.82) is 0 Å². The molecule has 0 saturated heterocycles. The van der Waals surface area contributed by atoms with Crippen molar-refractivity contribution in [2.45, 2.75) is 84.0 Å². The molecule has 0 heteroatoms. The molecular formula is C28H37+. The number of hydrogen-bond acceptors (Lipinski definition) is 0. The third-order valence-electron chi connectivity index (χ3n) is 10.6. The zero-order valence-electron chi connectivity index (χ0n) is 17.8. The molecule has 8 aliphatic rings. The summed E-state index contributed by atoms with van der Waals surface area (Å²) in [5, 5.41) is 0. The molecule has 1 aromatic rings. The molecule has 8 fully saturated rings. The molecule has 8 aliphatic carbocycles. The predicted octanol–water partition coefficient (Wildman–Crippen LogP) is 7.35. The number of rotatable bonds is 3. The van der Waals surface area contributed by atoms with Gasteiger partial charge in [-0.3, -0.25) is 0 Å². The van der Waals surface area contributed by atoms with Gasteiger partial charge in [-0.25, -0.2) is 0 Å². The highest BCUT2D eigenvalue weighted by atomic mass is 14.7. The third kappa shape index (κ3) is 2.27. The van der Waals surface area contributed by atoms with Crippen molar-refractivity contribution in [3.8, 4) is 0 Å². The van der Waals surface area contributed by atoms with Crippen molar-refractivity contribution in [3.63, 3.8) is 0 Å². The fraction of sp³-hybridized carbons (Fsp3) is 0.750. The van der Waals surface area contributed by atoms with Gasteiger partial charge in [-0.15, -0.1) is 0 Å². The maximum Gasteiger partial charge on any atom is 0.136 e. The van der Waals surface area contributed by atoms with Crippen molar-refractivity contribution < 1.29 is 0 Å². The molecule has 9 rings (SSSR count). The topological polar surface area (TPSA) is 0 Å². The number of aryl methyl sites for hydroxylation is 1. The Bertz CT molecular complexity index is 670. The van der Waals surface area contributed by atoms with E-state index in [1.54, 1.807) is 88.2 Å². The van der Waals surface area contributed by atoms with Gasteiger partial charge in [0.05, 0.1) is 5.56 Å². The van der Waals surface area contributed by atoms with Gasteiger partial charge < -0.3 is 0 Å². The summed E-state index contributed by atoms with van der Waals surface area (Å²) in [6, 6.07) is 9.58. The van der Waals surface area contributed by atoms with Gasteiger partial charge in [-0.05, 0) is 131 Å². The molecule has 0 atom stereocenters. The molecule has 8 bridgehead atoms. The zero-order chi connectivity index (χ0) is 18.5. The van der Waals surface area contributed by atoms with Crippen LogP contribution in [0.1, 0.15) is 88.2 Å². The van der Waals surface area contributed by atoms with E-state index in [1.807, 2.05) is 5.92 Å². The minimum Gasteiger partial charge on any atom is -0.0474 e. The van der Waals surface area contributed by atoms with E-state index in [2.05, 4.69) is 31.2 Å². The zero-order valence-corrected chi connectivity index (χ0v) is 17.8. The standard InChI is InChI=1S/C28H37/c1-18-4-2-3-5-25(18)26(27-12-19-6-20(13-27)8-21(7-19)14-27)28-15-22-9-23(16-28)11-24(10-22)17-28/h2-5,19-24H,6-17H2,1H3/q+1. The lowest BCUT2D eigenvalue weighted by Crippen LogP contribution is -2.57. The van der Waals surface area contributed by atoms with Gasteiger partial charge in [0.25, 0.3) is 0 Å². The maximum absolute atomic E-state index is 2.54. The second kappa shape index (κ2) is 5.61. The van der Waals surface area contributed by atoms with Crippen LogP contribution in [0, 0.1) is 59.2 Å². The Morgan fingerprint density at radius 3 is 1.32 bits per heavy atom. The summed E-state index contributed by atoms with van der Waals surface area (Å²) >= 11 is 0. The fourth-order valence-electron chi connectivity index (χ4n) is 10.8. The molecule has 0 N–H and O–H groups in total. The maximum atomic E-state index is 2.54. The average molecular weight is 374 g/mol. The number of hydrogen-bond donors (Lipinski definition) is 0. The van der Waals surface area contributed by atoms with Crippen LogP contribution in [0.4, 0.5) is 0 Å². The first-order valence-electron chi connectivity index (χ1n) is 12.5. The van der Waals surface area contributed by atoms with Crippen LogP contribution in [0.25, 0.3) is 0 Å². The van der Waals surface area contributed by atoms with Gasteiger partial charge in [0.2, 0.25) is 0 Å². The predicted molar refractivity (Wildman–Crippen MR) is 115 cm³/mol. The Labute approximate surface area is 171 Å². The van der Waals surface area contributed by atoms with Gasteiger partial charge in [0.1, 0.15) is 5.56 Å². The van der Waals surface area contributed by atoms with Crippen LogP contribution in [-0.4, -0.2) is 0 Å². The van der Waals surface area contributed by atoms with Crippen LogP contribution in [0.3, 0.4) is 0 Å². The minimum atomic E-state index is 0.576. The first-order chi connectivity index (χ1) is 13.6. The average Bonchev–Trinajstić information content (AvgIpc) is 2.61. The minimum absolute atomic E-state index is 0.576. The van der Waals surface area contributed by atoms with Crippen LogP contribution >= 0.6 is 0 Å². The summed E-state index contributed by atoms with van der Waals surface area (Å²) in [4.78, 5) is 0. The summed E-state index contributed by atoms with van der Waals surface area (Å²) in [5.41, 5.74) is 4.44. The second-order valence-corrected chi connectivity index (χ2v) is 12.6. The van der Waals surface area contributed by atoms with Crippen LogP contribution in [0.2, 0.25) is 0 Å². The lowest BCUT2D eigenvalue weighted by Gasteiger charge is -2.64. The second-order valence-electron chi connectivity index (χ2n) is 12.6. The van der Waals surface area contributed by atoms with Crippen LogP contribution in [0.5, 0.6) is 0 Å². The van der Waals surface area contributed by atoms with E-state index in [4.69, 9.17) is 0 Å². The molecule has 0 spiro atoms. The van der Waals surface area contributed by atoms with Crippen molar-refractivity contribution in [1.82, 2.24) is 0 Å². The van der Waals surface area contributed by atoms with E-state index >= 15 is 0 Å². The lowest BCUT2D eigenvalue weighted by atomic mass is 9.37. The van der Waals surface area contributed by atoms with E-state index in [0.717, 1.165) is 35.5 Å². The molecule has 0 heterocycles. The molecule has 28 heavy (non-hydrogen) atoms. The van der Waals surface area contributed by atoms with Crippen LogP contribution in [0.15, 0.2) is 24.3 Å². The van der Waals surface area contributed by atoms with E-state index in [0.29, 0.717) is 10.8 Å². The Kier molecular flexibility index (Phi) is 3.38. The SMILES string of the molecule is Cc1ccccc1[C+](C12CC3CC(CC(C3)C1)C2)C12CC3CC(CC(C3)C1)C2. The summed E-state index contributed by atoms with van der Waals surface area (Å²) < 4.78 is 0. The summed E-state index contributed by atoms with van der Waals surface area (Å²) in [6.07, 6.45) is 18.7. The van der Waals surface area contributed by atoms with Crippen molar-refractivity contribution in [3.05, 3.63) is 41.3 Å². The van der Waals surface area contributed by atoms with Gasteiger partial charge in [0, 0.05) is 29.7 Å². The monoisotopic (exact) mass is 373 g/mol. The van der Waals surface area contributed by atoms with Gasteiger partial charge in [-0.1, -0.05) is 0 Å². The van der Waals surface area contributed by atoms with Gasteiger partial charge in [-0.2, -0.15) is 0 Å². The fourth-order valence-corrected chi connectivity index (χ4v) is 10.8. The Hall–Kier alpha value is -0.910. The molecule has 8 saturated carbocycles. The van der Waals surface area contributed by atoms with Gasteiger partial charge >= 0.3 is 0 Å². The third-order valence-corrected chi connectivity index (χ3v) is 10.6.